The lowest BCUT2D eigenvalue weighted by molar-refractivity contribution is -0.118. The summed E-state index contributed by atoms with van der Waals surface area (Å²) in [6.45, 7) is 0.633. The Hall–Kier alpha value is -2.90. The number of hydrogen-bond acceptors (Lipinski definition) is 4. The molecule has 0 aliphatic carbocycles. The van der Waals surface area contributed by atoms with Gasteiger partial charge in [0.25, 0.3) is 5.91 Å². The number of amides is 2. The SMILES string of the molecule is CN1C(=O)CCc2cc(C(=O)N3CCCC[C@@H]3c3n[nH]c(=O)[nH]3)ccc21. The number of rotatable bonds is 2. The van der Waals surface area contributed by atoms with Crippen molar-refractivity contribution >= 4 is 17.5 Å². The lowest BCUT2D eigenvalue weighted by Crippen LogP contribution is -2.39. The summed E-state index contributed by atoms with van der Waals surface area (Å²) in [6.07, 6.45) is 3.80. The van der Waals surface area contributed by atoms with Gasteiger partial charge in [0.2, 0.25) is 5.91 Å². The van der Waals surface area contributed by atoms with E-state index < -0.39 is 0 Å². The molecule has 0 spiro atoms. The third-order valence-corrected chi connectivity index (χ3v) is 5.27. The molecule has 2 aliphatic rings. The van der Waals surface area contributed by atoms with Gasteiger partial charge in [0.15, 0.2) is 5.82 Å². The van der Waals surface area contributed by atoms with Crippen LogP contribution in [0.25, 0.3) is 0 Å². The van der Waals surface area contributed by atoms with E-state index in [1.165, 1.54) is 0 Å². The van der Waals surface area contributed by atoms with Gasteiger partial charge in [-0.05, 0) is 49.4 Å². The van der Waals surface area contributed by atoms with Crippen molar-refractivity contribution in [3.05, 3.63) is 45.6 Å². The van der Waals surface area contributed by atoms with Crippen LogP contribution in [0.1, 0.15) is 53.5 Å². The zero-order valence-corrected chi connectivity index (χ0v) is 14.6. The summed E-state index contributed by atoms with van der Waals surface area (Å²) >= 11 is 0. The largest absolute Gasteiger partial charge is 0.340 e. The molecule has 8 heteroatoms. The van der Waals surface area contributed by atoms with E-state index in [1.807, 2.05) is 12.1 Å². The maximum absolute atomic E-state index is 13.1. The van der Waals surface area contributed by atoms with E-state index in [9.17, 15) is 14.4 Å². The van der Waals surface area contributed by atoms with Crippen LogP contribution < -0.4 is 10.6 Å². The second-order valence-corrected chi connectivity index (χ2v) is 6.87. The van der Waals surface area contributed by atoms with Crippen LogP contribution in [-0.4, -0.2) is 45.5 Å². The minimum Gasteiger partial charge on any atom is -0.328 e. The molecule has 136 valence electrons. The first-order valence-corrected chi connectivity index (χ1v) is 8.89. The molecule has 1 aromatic carbocycles. The lowest BCUT2D eigenvalue weighted by Gasteiger charge is -2.34. The number of benzene rings is 1. The van der Waals surface area contributed by atoms with Crippen LogP contribution in [-0.2, 0) is 11.2 Å². The summed E-state index contributed by atoms with van der Waals surface area (Å²) in [6, 6.07) is 5.28. The van der Waals surface area contributed by atoms with Gasteiger partial charge in [-0.25, -0.2) is 9.89 Å². The molecular weight excluding hydrogens is 334 g/mol. The monoisotopic (exact) mass is 355 g/mol. The highest BCUT2D eigenvalue weighted by atomic mass is 16.2. The number of carbonyl (C=O) groups excluding carboxylic acids is 2. The third-order valence-electron chi connectivity index (χ3n) is 5.27. The highest BCUT2D eigenvalue weighted by Crippen LogP contribution is 2.32. The first-order chi connectivity index (χ1) is 12.5. The number of carbonyl (C=O) groups is 2. The molecule has 0 radical (unpaired) electrons. The first-order valence-electron chi connectivity index (χ1n) is 8.89. The number of aromatic amines is 2. The molecule has 1 saturated heterocycles. The fraction of sp³-hybridized carbons (Fsp3) is 0.444. The highest BCUT2D eigenvalue weighted by Gasteiger charge is 2.31. The fourth-order valence-corrected chi connectivity index (χ4v) is 3.86. The number of nitrogens with zero attached hydrogens (tertiary/aromatic N) is 3. The molecule has 26 heavy (non-hydrogen) atoms. The molecule has 1 atom stereocenters. The zero-order valence-electron chi connectivity index (χ0n) is 14.6. The van der Waals surface area contributed by atoms with Crippen LogP contribution in [0.5, 0.6) is 0 Å². The van der Waals surface area contributed by atoms with Gasteiger partial charge in [0.05, 0.1) is 6.04 Å². The van der Waals surface area contributed by atoms with Crippen molar-refractivity contribution in [2.75, 3.05) is 18.5 Å². The van der Waals surface area contributed by atoms with E-state index in [1.54, 1.807) is 22.9 Å². The number of fused-ring (bicyclic) bond motifs is 1. The van der Waals surface area contributed by atoms with Gasteiger partial charge in [-0.2, -0.15) is 5.10 Å². The minimum atomic E-state index is -0.362. The summed E-state index contributed by atoms with van der Waals surface area (Å²) < 4.78 is 0. The molecule has 2 N–H and O–H groups in total. The molecule has 1 aromatic heterocycles. The van der Waals surface area contributed by atoms with Gasteiger partial charge >= 0.3 is 5.69 Å². The Kier molecular flexibility index (Phi) is 4.10. The minimum absolute atomic E-state index is 0.0686. The Morgan fingerprint density at radius 1 is 1.23 bits per heavy atom. The average molecular weight is 355 g/mol. The summed E-state index contributed by atoms with van der Waals surface area (Å²) in [5.74, 6) is 0.530. The number of aromatic nitrogens is 3. The molecule has 0 unspecified atom stereocenters. The van der Waals surface area contributed by atoms with Crippen LogP contribution in [0, 0.1) is 0 Å². The molecule has 2 amide bonds. The van der Waals surface area contributed by atoms with Crippen LogP contribution >= 0.6 is 0 Å². The number of aryl methyl sites for hydroxylation is 1. The van der Waals surface area contributed by atoms with Crippen molar-refractivity contribution in [2.45, 2.75) is 38.1 Å². The lowest BCUT2D eigenvalue weighted by atomic mass is 9.96. The van der Waals surface area contributed by atoms with Gasteiger partial charge in [-0.15, -0.1) is 0 Å². The number of H-pyrrole nitrogens is 2. The van der Waals surface area contributed by atoms with Gasteiger partial charge in [-0.3, -0.25) is 14.6 Å². The standard InChI is InChI=1S/C18H21N5O3/c1-22-13-7-5-12(10-11(13)6-8-15(22)24)17(25)23-9-3-2-4-14(23)16-19-18(26)21-20-16/h5,7,10,14H,2-4,6,8-9H2,1H3,(H2,19,20,21,26)/t14-/m1/s1. The quantitative estimate of drug-likeness (QED) is 0.849. The van der Waals surface area contributed by atoms with Gasteiger partial charge < -0.3 is 9.80 Å². The molecule has 8 nitrogen and oxygen atoms in total. The first kappa shape index (κ1) is 16.6. The second kappa shape index (κ2) is 6.44. The maximum Gasteiger partial charge on any atom is 0.340 e. The molecule has 2 aliphatic heterocycles. The predicted octanol–water partition coefficient (Wildman–Crippen LogP) is 1.37. The Balaban J connectivity index is 1.64. The molecule has 2 aromatic rings. The highest BCUT2D eigenvalue weighted by molar-refractivity contribution is 5.99. The molecule has 4 rings (SSSR count). The van der Waals surface area contributed by atoms with E-state index in [4.69, 9.17) is 0 Å². The third kappa shape index (κ3) is 2.81. The predicted molar refractivity (Wildman–Crippen MR) is 95.0 cm³/mol. The summed E-state index contributed by atoms with van der Waals surface area (Å²) in [4.78, 5) is 42.5. The van der Waals surface area contributed by atoms with Gasteiger partial charge in [-0.1, -0.05) is 0 Å². The van der Waals surface area contributed by atoms with Crippen molar-refractivity contribution in [3.63, 3.8) is 0 Å². The van der Waals surface area contributed by atoms with E-state index in [0.29, 0.717) is 30.8 Å². The smallest absolute Gasteiger partial charge is 0.328 e. The van der Waals surface area contributed by atoms with Crippen LogP contribution in [0.2, 0.25) is 0 Å². The summed E-state index contributed by atoms with van der Waals surface area (Å²) in [5.41, 5.74) is 2.13. The van der Waals surface area contributed by atoms with E-state index in [0.717, 1.165) is 30.5 Å². The van der Waals surface area contributed by atoms with Crippen molar-refractivity contribution in [1.29, 1.82) is 0 Å². The number of nitrogens with one attached hydrogen (secondary N) is 2. The van der Waals surface area contributed by atoms with Crippen molar-refractivity contribution < 1.29 is 9.59 Å². The molecule has 1 fully saturated rings. The zero-order chi connectivity index (χ0) is 18.3. The number of likely N-dealkylation sites (tertiary alicyclic amines) is 1. The van der Waals surface area contributed by atoms with Gasteiger partial charge in [0, 0.05) is 31.3 Å². The summed E-state index contributed by atoms with van der Waals surface area (Å²) in [7, 11) is 1.76. The second-order valence-electron chi connectivity index (χ2n) is 6.87. The van der Waals surface area contributed by atoms with Crippen molar-refractivity contribution in [2.24, 2.45) is 0 Å². The van der Waals surface area contributed by atoms with Crippen molar-refractivity contribution in [1.82, 2.24) is 20.1 Å². The van der Waals surface area contributed by atoms with Crippen molar-refractivity contribution in [3.8, 4) is 0 Å². The molecule has 3 heterocycles. The number of anilines is 1. The Bertz CT molecular complexity index is 916. The molecular formula is C18H21N5O3. The maximum atomic E-state index is 13.1. The normalized spacial score (nSPS) is 20.2. The van der Waals surface area contributed by atoms with Gasteiger partial charge in [0.1, 0.15) is 0 Å². The van der Waals surface area contributed by atoms with Crippen LogP contribution in [0.15, 0.2) is 23.0 Å². The van der Waals surface area contributed by atoms with Crippen LogP contribution in [0.3, 0.4) is 0 Å². The summed E-state index contributed by atoms with van der Waals surface area (Å²) in [5, 5.41) is 6.40. The Morgan fingerprint density at radius 2 is 2.08 bits per heavy atom. The van der Waals surface area contributed by atoms with E-state index in [-0.39, 0.29) is 23.5 Å². The molecule has 0 saturated carbocycles. The van der Waals surface area contributed by atoms with E-state index in [2.05, 4.69) is 15.2 Å². The number of piperidine rings is 1. The van der Waals surface area contributed by atoms with E-state index >= 15 is 0 Å². The Morgan fingerprint density at radius 3 is 2.85 bits per heavy atom. The topological polar surface area (TPSA) is 102 Å². The number of hydrogen-bond donors (Lipinski definition) is 2. The molecule has 0 bridgehead atoms. The van der Waals surface area contributed by atoms with Crippen LogP contribution in [0.4, 0.5) is 5.69 Å². The Labute approximate surface area is 150 Å². The average Bonchev–Trinajstić information content (AvgIpc) is 3.10. The fourth-order valence-electron chi connectivity index (χ4n) is 3.86.